The number of para-hydroxylation sites is 2. The zero-order chi connectivity index (χ0) is 20.0. The Bertz CT molecular complexity index is 1200. The molecule has 4 rings (SSSR count). The molecule has 0 bridgehead atoms. The number of esters is 1. The van der Waals surface area contributed by atoms with E-state index in [9.17, 15) is 19.5 Å². The quantitative estimate of drug-likeness (QED) is 0.683. The lowest BCUT2D eigenvalue weighted by Crippen LogP contribution is -2.30. The van der Waals surface area contributed by atoms with Crippen LogP contribution in [0.4, 0.5) is 5.69 Å². The van der Waals surface area contributed by atoms with Gasteiger partial charge in [-0.3, -0.25) is 9.59 Å². The molecule has 0 unspecified atom stereocenters. The van der Waals surface area contributed by atoms with E-state index in [-0.39, 0.29) is 28.6 Å². The lowest BCUT2D eigenvalue weighted by Gasteiger charge is -2.15. The number of ether oxygens (including phenoxy) is 1. The Kier molecular flexibility index (Phi) is 4.15. The number of benzene rings is 2. The number of carbonyl (C=O) groups is 2. The minimum absolute atomic E-state index is 0.123. The van der Waals surface area contributed by atoms with Gasteiger partial charge in [-0.15, -0.1) is 0 Å². The van der Waals surface area contributed by atoms with Crippen molar-refractivity contribution in [2.24, 2.45) is 0 Å². The van der Waals surface area contributed by atoms with Crippen molar-refractivity contribution in [2.45, 2.75) is 19.4 Å². The van der Waals surface area contributed by atoms with E-state index in [1.807, 2.05) is 13.0 Å². The molecule has 0 fully saturated rings. The van der Waals surface area contributed by atoms with E-state index >= 15 is 0 Å². The molecule has 1 aromatic heterocycles. The summed E-state index contributed by atoms with van der Waals surface area (Å²) in [6, 6.07) is 11.6. The van der Waals surface area contributed by atoms with E-state index in [0.29, 0.717) is 17.3 Å². The predicted octanol–water partition coefficient (Wildman–Crippen LogP) is 2.86. The number of nitrogens with one attached hydrogen (secondary N) is 1. The van der Waals surface area contributed by atoms with Crippen molar-refractivity contribution in [3.8, 4) is 5.75 Å². The summed E-state index contributed by atoms with van der Waals surface area (Å²) < 4.78 is 6.27. The minimum atomic E-state index is -0.783. The number of hydrogen-bond donors (Lipinski definition) is 2. The summed E-state index contributed by atoms with van der Waals surface area (Å²) in [4.78, 5) is 37.9. The molecule has 7 heteroatoms. The first kappa shape index (κ1) is 17.8. The third-order valence-corrected chi connectivity index (χ3v) is 5.05. The number of carbonyl (C=O) groups excluding carboxylic acids is 2. The summed E-state index contributed by atoms with van der Waals surface area (Å²) in [7, 11) is 1.24. The highest BCUT2D eigenvalue weighted by Gasteiger charge is 2.29. The lowest BCUT2D eigenvalue weighted by molar-refractivity contribution is 0.0602. The van der Waals surface area contributed by atoms with Crippen molar-refractivity contribution in [3.05, 3.63) is 69.5 Å². The van der Waals surface area contributed by atoms with Gasteiger partial charge in [-0.1, -0.05) is 24.3 Å². The molecule has 0 saturated heterocycles. The molecule has 1 atom stereocenters. The van der Waals surface area contributed by atoms with Crippen LogP contribution in [-0.2, 0) is 11.2 Å². The minimum Gasteiger partial charge on any atom is -0.506 e. The van der Waals surface area contributed by atoms with Gasteiger partial charge in [-0.25, -0.2) is 4.79 Å². The number of pyridine rings is 1. The molecule has 0 radical (unpaired) electrons. The number of aromatic hydroxyl groups is 1. The van der Waals surface area contributed by atoms with E-state index in [1.54, 1.807) is 28.8 Å². The maximum Gasteiger partial charge on any atom is 0.339 e. The zero-order valence-electron chi connectivity index (χ0n) is 15.4. The van der Waals surface area contributed by atoms with Gasteiger partial charge in [0.25, 0.3) is 11.5 Å². The Morgan fingerprint density at radius 3 is 2.68 bits per heavy atom. The molecule has 1 aliphatic rings. The average molecular weight is 378 g/mol. The fraction of sp³-hybridized carbons (Fsp3) is 0.190. The number of rotatable bonds is 3. The number of aromatic nitrogens is 1. The van der Waals surface area contributed by atoms with Crippen LogP contribution in [0.15, 0.2) is 47.3 Å². The summed E-state index contributed by atoms with van der Waals surface area (Å²) in [6.45, 7) is 1.89. The van der Waals surface area contributed by atoms with Crippen LogP contribution in [-0.4, -0.2) is 28.7 Å². The molecule has 7 nitrogen and oxygen atoms in total. The molecule has 0 spiro atoms. The normalized spacial score (nSPS) is 14.9. The molecule has 28 heavy (non-hydrogen) atoms. The maximum absolute atomic E-state index is 13.0. The molecule has 0 aliphatic carbocycles. The predicted molar refractivity (Wildman–Crippen MR) is 104 cm³/mol. The van der Waals surface area contributed by atoms with Crippen molar-refractivity contribution in [2.75, 3.05) is 12.4 Å². The van der Waals surface area contributed by atoms with Gasteiger partial charge >= 0.3 is 5.97 Å². The van der Waals surface area contributed by atoms with Crippen LogP contribution >= 0.6 is 0 Å². The molecular formula is C21H18N2O5. The van der Waals surface area contributed by atoms with Crippen LogP contribution in [0.1, 0.15) is 39.2 Å². The van der Waals surface area contributed by atoms with Gasteiger partial charge in [0.05, 0.1) is 23.9 Å². The van der Waals surface area contributed by atoms with Crippen LogP contribution in [0.5, 0.6) is 5.75 Å². The highest BCUT2D eigenvalue weighted by Crippen LogP contribution is 2.36. The Hall–Kier alpha value is -3.61. The van der Waals surface area contributed by atoms with Crippen LogP contribution in [0.25, 0.3) is 10.9 Å². The first-order valence-corrected chi connectivity index (χ1v) is 8.81. The molecule has 0 saturated carbocycles. The highest BCUT2D eigenvalue weighted by molar-refractivity contribution is 6.11. The van der Waals surface area contributed by atoms with Gasteiger partial charge in [0.2, 0.25) is 0 Å². The maximum atomic E-state index is 13.0. The Balaban J connectivity index is 1.85. The standard InChI is InChI=1S/C21H18N2O5/c1-11-10-12-6-5-8-14-17(12)23(11)20(26)16(18(14)24)19(25)22-15-9-4-3-7-13(15)21(27)28-2/h3-9,11,24H,10H2,1-2H3,(H,22,25)/t11-/m0/s1. The number of anilines is 1. The third kappa shape index (κ3) is 2.55. The summed E-state index contributed by atoms with van der Waals surface area (Å²) >= 11 is 0. The topological polar surface area (TPSA) is 97.6 Å². The molecule has 2 aromatic carbocycles. The number of hydrogen-bond acceptors (Lipinski definition) is 5. The van der Waals surface area contributed by atoms with Crippen LogP contribution < -0.4 is 10.9 Å². The second-order valence-corrected chi connectivity index (χ2v) is 6.76. The fourth-order valence-electron chi connectivity index (χ4n) is 3.79. The lowest BCUT2D eigenvalue weighted by atomic mass is 10.1. The average Bonchev–Trinajstić information content (AvgIpc) is 3.03. The highest BCUT2D eigenvalue weighted by atomic mass is 16.5. The molecule has 3 aromatic rings. The van der Waals surface area contributed by atoms with Crippen molar-refractivity contribution in [3.63, 3.8) is 0 Å². The van der Waals surface area contributed by atoms with Gasteiger partial charge < -0.3 is 19.7 Å². The van der Waals surface area contributed by atoms with Crippen molar-refractivity contribution >= 4 is 28.5 Å². The number of amides is 1. The van der Waals surface area contributed by atoms with E-state index in [4.69, 9.17) is 4.74 Å². The molecule has 2 N–H and O–H groups in total. The molecule has 2 heterocycles. The smallest absolute Gasteiger partial charge is 0.339 e. The van der Waals surface area contributed by atoms with Gasteiger partial charge in [0, 0.05) is 11.4 Å². The summed E-state index contributed by atoms with van der Waals surface area (Å²) in [5, 5.41) is 13.7. The van der Waals surface area contributed by atoms with Gasteiger partial charge in [0.15, 0.2) is 0 Å². The Labute approximate surface area is 160 Å². The Morgan fingerprint density at radius 2 is 1.93 bits per heavy atom. The van der Waals surface area contributed by atoms with Crippen molar-refractivity contribution < 1.29 is 19.4 Å². The molecule has 142 valence electrons. The second kappa shape index (κ2) is 6.53. The van der Waals surface area contributed by atoms with Crippen LogP contribution in [0, 0.1) is 0 Å². The summed E-state index contributed by atoms with van der Waals surface area (Å²) in [5.74, 6) is -1.76. The largest absolute Gasteiger partial charge is 0.506 e. The summed E-state index contributed by atoms with van der Waals surface area (Å²) in [5.41, 5.74) is 1.05. The SMILES string of the molecule is COC(=O)c1ccccc1NC(=O)c1c(O)c2cccc3c2n(c1=O)[C@@H](C)C3. The fourth-order valence-corrected chi connectivity index (χ4v) is 3.79. The van der Waals surface area contributed by atoms with E-state index in [2.05, 4.69) is 5.32 Å². The number of nitrogens with zero attached hydrogens (tertiary/aromatic N) is 1. The number of methoxy groups -OCH3 is 1. The monoisotopic (exact) mass is 378 g/mol. The summed E-state index contributed by atoms with van der Waals surface area (Å²) in [6.07, 6.45) is 0.655. The molecular weight excluding hydrogens is 360 g/mol. The van der Waals surface area contributed by atoms with Crippen LogP contribution in [0.2, 0.25) is 0 Å². The zero-order valence-corrected chi connectivity index (χ0v) is 15.4. The Morgan fingerprint density at radius 1 is 1.18 bits per heavy atom. The van der Waals surface area contributed by atoms with E-state index in [1.165, 1.54) is 19.2 Å². The van der Waals surface area contributed by atoms with Gasteiger partial charge in [-0.05, 0) is 37.1 Å². The second-order valence-electron chi connectivity index (χ2n) is 6.76. The molecule has 1 amide bonds. The first-order valence-electron chi connectivity index (χ1n) is 8.81. The first-order chi connectivity index (χ1) is 13.4. The van der Waals surface area contributed by atoms with Crippen molar-refractivity contribution in [1.29, 1.82) is 0 Å². The third-order valence-electron chi connectivity index (χ3n) is 5.05. The van der Waals surface area contributed by atoms with Gasteiger partial charge in [-0.2, -0.15) is 0 Å². The van der Waals surface area contributed by atoms with Gasteiger partial charge in [0.1, 0.15) is 11.3 Å². The van der Waals surface area contributed by atoms with Crippen molar-refractivity contribution in [1.82, 2.24) is 4.57 Å². The van der Waals surface area contributed by atoms with E-state index < -0.39 is 17.4 Å². The van der Waals surface area contributed by atoms with E-state index in [0.717, 1.165) is 5.56 Å². The van der Waals surface area contributed by atoms with Crippen LogP contribution in [0.3, 0.4) is 0 Å². The molecule has 1 aliphatic heterocycles.